The van der Waals surface area contributed by atoms with Crippen LogP contribution in [0.1, 0.15) is 5.69 Å². The molecule has 0 bridgehead atoms. The highest BCUT2D eigenvalue weighted by Gasteiger charge is 2.13. The number of fused-ring (bicyclic) bond motifs is 1. The molecule has 18 heavy (non-hydrogen) atoms. The van der Waals surface area contributed by atoms with E-state index in [2.05, 4.69) is 5.10 Å². The third-order valence-electron chi connectivity index (χ3n) is 2.69. The molecule has 0 aliphatic rings. The molecule has 0 aliphatic heterocycles. The molecule has 96 valence electrons. The highest BCUT2D eigenvalue weighted by molar-refractivity contribution is 7.98. The first-order valence-electron chi connectivity index (χ1n) is 5.56. The Bertz CT molecular complexity index is 567. The number of aromatic nitrogens is 2. The summed E-state index contributed by atoms with van der Waals surface area (Å²) in [7, 11) is 1.90. The van der Waals surface area contributed by atoms with Crippen molar-refractivity contribution in [2.45, 2.75) is 11.8 Å². The minimum atomic E-state index is -0.964. The lowest BCUT2D eigenvalue weighted by Crippen LogP contribution is -2.32. The van der Waals surface area contributed by atoms with Crippen molar-refractivity contribution < 1.29 is 9.90 Å². The lowest BCUT2D eigenvalue weighted by molar-refractivity contribution is -0.137. The van der Waals surface area contributed by atoms with Gasteiger partial charge in [0.15, 0.2) is 0 Å². The van der Waals surface area contributed by atoms with Gasteiger partial charge in [0.05, 0.1) is 11.2 Å². The van der Waals surface area contributed by atoms with Crippen molar-refractivity contribution in [2.24, 2.45) is 12.8 Å². The SMILES string of the molecule is Cn1nc(CSCC(N)C(=O)O)c2ccccc21. The van der Waals surface area contributed by atoms with Crippen LogP contribution in [-0.2, 0) is 17.6 Å². The van der Waals surface area contributed by atoms with E-state index >= 15 is 0 Å². The molecule has 1 unspecified atom stereocenters. The Balaban J connectivity index is 2.06. The van der Waals surface area contributed by atoms with E-state index in [9.17, 15) is 4.79 Å². The minimum Gasteiger partial charge on any atom is -0.480 e. The number of hydrogen-bond donors (Lipinski definition) is 2. The van der Waals surface area contributed by atoms with Crippen molar-refractivity contribution in [3.63, 3.8) is 0 Å². The third-order valence-corrected chi connectivity index (χ3v) is 3.76. The summed E-state index contributed by atoms with van der Waals surface area (Å²) in [5, 5.41) is 14.2. The Morgan fingerprint density at radius 1 is 1.56 bits per heavy atom. The summed E-state index contributed by atoms with van der Waals surface area (Å²) in [4.78, 5) is 10.6. The van der Waals surface area contributed by atoms with E-state index in [1.165, 1.54) is 11.8 Å². The smallest absolute Gasteiger partial charge is 0.321 e. The van der Waals surface area contributed by atoms with E-state index in [1.54, 1.807) is 0 Å². The van der Waals surface area contributed by atoms with Crippen molar-refractivity contribution in [1.82, 2.24) is 9.78 Å². The Labute approximate surface area is 109 Å². The molecule has 1 atom stereocenters. The van der Waals surface area contributed by atoms with Gasteiger partial charge >= 0.3 is 5.97 Å². The molecule has 0 spiro atoms. The van der Waals surface area contributed by atoms with Gasteiger partial charge in [-0.1, -0.05) is 18.2 Å². The molecule has 2 rings (SSSR count). The first-order chi connectivity index (χ1) is 8.59. The van der Waals surface area contributed by atoms with Gasteiger partial charge in [-0.05, 0) is 6.07 Å². The number of para-hydroxylation sites is 1. The van der Waals surface area contributed by atoms with Crippen molar-refractivity contribution in [3.8, 4) is 0 Å². The lowest BCUT2D eigenvalue weighted by Gasteiger charge is -2.04. The monoisotopic (exact) mass is 265 g/mol. The molecule has 5 nitrogen and oxygen atoms in total. The molecular formula is C12H15N3O2S. The summed E-state index contributed by atoms with van der Waals surface area (Å²) in [5.74, 6) is 0.0936. The van der Waals surface area contributed by atoms with E-state index < -0.39 is 12.0 Å². The molecule has 0 saturated carbocycles. The number of rotatable bonds is 5. The number of carboxylic acids is 1. The normalized spacial score (nSPS) is 12.8. The highest BCUT2D eigenvalue weighted by atomic mass is 32.2. The Morgan fingerprint density at radius 2 is 2.28 bits per heavy atom. The summed E-state index contributed by atoms with van der Waals surface area (Å²) < 4.78 is 1.84. The maximum atomic E-state index is 10.6. The van der Waals surface area contributed by atoms with E-state index in [0.717, 1.165) is 16.6 Å². The molecule has 0 saturated heterocycles. The van der Waals surface area contributed by atoms with Crippen LogP contribution in [0.5, 0.6) is 0 Å². The van der Waals surface area contributed by atoms with Crippen LogP contribution in [0.25, 0.3) is 10.9 Å². The minimum absolute atomic E-state index is 0.389. The quantitative estimate of drug-likeness (QED) is 0.849. The maximum absolute atomic E-state index is 10.6. The number of nitrogens with two attached hydrogens (primary N) is 1. The summed E-state index contributed by atoms with van der Waals surface area (Å²) in [6.07, 6.45) is 0. The molecule has 1 aromatic carbocycles. The second kappa shape index (κ2) is 5.41. The van der Waals surface area contributed by atoms with Crippen LogP contribution in [0.2, 0.25) is 0 Å². The van der Waals surface area contributed by atoms with Gasteiger partial charge in [0.1, 0.15) is 6.04 Å². The molecule has 6 heteroatoms. The first-order valence-corrected chi connectivity index (χ1v) is 6.72. The lowest BCUT2D eigenvalue weighted by atomic mass is 10.2. The van der Waals surface area contributed by atoms with Crippen molar-refractivity contribution in [1.29, 1.82) is 0 Å². The molecular weight excluding hydrogens is 250 g/mol. The topological polar surface area (TPSA) is 81.1 Å². The second-order valence-electron chi connectivity index (χ2n) is 4.05. The predicted octanol–water partition coefficient (Wildman–Crippen LogP) is 1.22. The largest absolute Gasteiger partial charge is 0.480 e. The first kappa shape index (κ1) is 12.9. The van der Waals surface area contributed by atoms with E-state index in [1.807, 2.05) is 36.0 Å². The van der Waals surface area contributed by atoms with Crippen molar-refractivity contribution in [2.75, 3.05) is 5.75 Å². The number of hydrogen-bond acceptors (Lipinski definition) is 4. The van der Waals surface area contributed by atoms with Gasteiger partial charge in [0, 0.05) is 23.9 Å². The highest BCUT2D eigenvalue weighted by Crippen LogP contribution is 2.21. The number of aliphatic carboxylic acids is 1. The number of nitrogens with zero attached hydrogens (tertiary/aromatic N) is 2. The van der Waals surface area contributed by atoms with E-state index in [0.29, 0.717) is 11.5 Å². The molecule has 3 N–H and O–H groups in total. The molecule has 2 aromatic rings. The zero-order valence-electron chi connectivity index (χ0n) is 10.0. The summed E-state index contributed by atoms with van der Waals surface area (Å²) in [5.41, 5.74) is 7.50. The fraction of sp³-hybridized carbons (Fsp3) is 0.333. The molecule has 0 radical (unpaired) electrons. The molecule has 0 fully saturated rings. The van der Waals surface area contributed by atoms with E-state index in [4.69, 9.17) is 10.8 Å². The third kappa shape index (κ3) is 2.65. The zero-order valence-corrected chi connectivity index (χ0v) is 10.9. The van der Waals surface area contributed by atoms with Gasteiger partial charge in [-0.3, -0.25) is 9.48 Å². The van der Waals surface area contributed by atoms with Crippen LogP contribution in [-0.4, -0.2) is 32.7 Å². The summed E-state index contributed by atoms with van der Waals surface area (Å²) in [6.45, 7) is 0. The molecule has 1 heterocycles. The number of carboxylic acid groups (broad SMARTS) is 1. The number of thioether (sulfide) groups is 1. The molecule has 0 aliphatic carbocycles. The second-order valence-corrected chi connectivity index (χ2v) is 5.08. The fourth-order valence-electron chi connectivity index (χ4n) is 1.75. The molecule has 1 aromatic heterocycles. The van der Waals surface area contributed by atoms with Crippen LogP contribution < -0.4 is 5.73 Å². The van der Waals surface area contributed by atoms with Gasteiger partial charge < -0.3 is 10.8 Å². The standard InChI is InChI=1S/C12H15N3O2S/c1-15-11-5-3-2-4-8(11)10(14-15)7-18-6-9(13)12(16)17/h2-5,9H,6-7,13H2,1H3,(H,16,17). The maximum Gasteiger partial charge on any atom is 0.321 e. The average Bonchev–Trinajstić information content (AvgIpc) is 2.67. The Morgan fingerprint density at radius 3 is 3.00 bits per heavy atom. The number of carbonyl (C=O) groups is 1. The van der Waals surface area contributed by atoms with Crippen LogP contribution in [0.3, 0.4) is 0 Å². The summed E-state index contributed by atoms with van der Waals surface area (Å²) in [6, 6.07) is 7.17. The van der Waals surface area contributed by atoms with E-state index in [-0.39, 0.29) is 0 Å². The van der Waals surface area contributed by atoms with Gasteiger partial charge in [0.2, 0.25) is 0 Å². The van der Waals surface area contributed by atoms with Crippen LogP contribution in [0, 0.1) is 0 Å². The van der Waals surface area contributed by atoms with Gasteiger partial charge in [-0.15, -0.1) is 0 Å². The Kier molecular flexibility index (Phi) is 3.88. The van der Waals surface area contributed by atoms with Crippen molar-refractivity contribution in [3.05, 3.63) is 30.0 Å². The molecule has 0 amide bonds. The number of aryl methyl sites for hydroxylation is 1. The predicted molar refractivity (Wildman–Crippen MR) is 72.5 cm³/mol. The van der Waals surface area contributed by atoms with Crippen LogP contribution >= 0.6 is 11.8 Å². The van der Waals surface area contributed by atoms with Crippen LogP contribution in [0.4, 0.5) is 0 Å². The summed E-state index contributed by atoms with van der Waals surface area (Å²) >= 11 is 1.49. The van der Waals surface area contributed by atoms with Crippen molar-refractivity contribution >= 4 is 28.6 Å². The Hall–Kier alpha value is -1.53. The fourth-order valence-corrected chi connectivity index (χ4v) is 2.67. The van der Waals surface area contributed by atoms with Gasteiger partial charge in [-0.2, -0.15) is 16.9 Å². The van der Waals surface area contributed by atoms with Crippen LogP contribution in [0.15, 0.2) is 24.3 Å². The van der Waals surface area contributed by atoms with Gasteiger partial charge in [0.25, 0.3) is 0 Å². The number of benzene rings is 1. The zero-order chi connectivity index (χ0) is 13.1. The average molecular weight is 265 g/mol. The van der Waals surface area contributed by atoms with Gasteiger partial charge in [-0.25, -0.2) is 0 Å².